The van der Waals surface area contributed by atoms with Crippen LogP contribution < -0.4 is 10.1 Å². The fraction of sp³-hybridized carbons (Fsp3) is 0.409. The second kappa shape index (κ2) is 8.86. The van der Waals surface area contributed by atoms with E-state index in [2.05, 4.69) is 22.3 Å². The lowest BCUT2D eigenvalue weighted by atomic mass is 9.95. The van der Waals surface area contributed by atoms with E-state index >= 15 is 0 Å². The number of amides is 1. The van der Waals surface area contributed by atoms with Crippen LogP contribution in [0.2, 0.25) is 0 Å². The first kappa shape index (κ1) is 18.5. The molecule has 0 radical (unpaired) electrons. The number of nitrogens with zero attached hydrogens (tertiary/aromatic N) is 1. The smallest absolute Gasteiger partial charge is 0.227 e. The van der Waals surface area contributed by atoms with E-state index in [9.17, 15) is 4.79 Å². The van der Waals surface area contributed by atoms with Crippen LogP contribution in [0.25, 0.3) is 0 Å². The number of piperidine rings is 1. The molecule has 0 bridgehead atoms. The summed E-state index contributed by atoms with van der Waals surface area (Å²) >= 11 is 0. The first-order chi connectivity index (χ1) is 12.7. The minimum absolute atomic E-state index is 0.0978. The molecule has 0 aliphatic carbocycles. The van der Waals surface area contributed by atoms with E-state index in [1.807, 2.05) is 50.2 Å². The molecule has 1 heterocycles. The number of likely N-dealkylation sites (tertiary alicyclic amines) is 1. The number of para-hydroxylation sites is 1. The Morgan fingerprint density at radius 3 is 2.65 bits per heavy atom. The molecule has 138 valence electrons. The van der Waals surface area contributed by atoms with E-state index in [0.29, 0.717) is 6.61 Å². The van der Waals surface area contributed by atoms with E-state index < -0.39 is 0 Å². The van der Waals surface area contributed by atoms with Crippen molar-refractivity contribution in [2.75, 3.05) is 25.0 Å². The van der Waals surface area contributed by atoms with Gasteiger partial charge < -0.3 is 10.1 Å². The first-order valence-corrected chi connectivity index (χ1v) is 9.46. The number of hydrogen-bond acceptors (Lipinski definition) is 3. The van der Waals surface area contributed by atoms with Crippen molar-refractivity contribution >= 4 is 11.6 Å². The molecular formula is C22H28N2O2. The van der Waals surface area contributed by atoms with Crippen molar-refractivity contribution in [3.8, 4) is 5.75 Å². The number of ether oxygens (including phenoxy) is 1. The van der Waals surface area contributed by atoms with E-state index in [1.54, 1.807) is 0 Å². The molecule has 0 saturated carbocycles. The fourth-order valence-corrected chi connectivity index (χ4v) is 3.46. The zero-order valence-corrected chi connectivity index (χ0v) is 15.7. The van der Waals surface area contributed by atoms with Gasteiger partial charge in [-0.2, -0.15) is 0 Å². The molecule has 0 unspecified atom stereocenters. The Kier molecular flexibility index (Phi) is 6.29. The van der Waals surface area contributed by atoms with Crippen molar-refractivity contribution in [1.29, 1.82) is 0 Å². The number of anilines is 1. The monoisotopic (exact) mass is 352 g/mol. The lowest BCUT2D eigenvalue weighted by Crippen LogP contribution is -2.37. The van der Waals surface area contributed by atoms with Gasteiger partial charge in [0.05, 0.1) is 6.61 Å². The van der Waals surface area contributed by atoms with Crippen molar-refractivity contribution in [3.05, 3.63) is 59.7 Å². The molecule has 1 fully saturated rings. The number of hydrogen-bond donors (Lipinski definition) is 1. The summed E-state index contributed by atoms with van der Waals surface area (Å²) in [5.41, 5.74) is 3.29. The van der Waals surface area contributed by atoms with E-state index in [4.69, 9.17) is 4.74 Å². The van der Waals surface area contributed by atoms with Crippen LogP contribution in [0.1, 0.15) is 30.9 Å². The van der Waals surface area contributed by atoms with Crippen molar-refractivity contribution in [1.82, 2.24) is 4.90 Å². The maximum Gasteiger partial charge on any atom is 0.227 e. The zero-order chi connectivity index (χ0) is 18.4. The summed E-state index contributed by atoms with van der Waals surface area (Å²) in [5, 5.41) is 3.09. The van der Waals surface area contributed by atoms with Crippen LogP contribution in [0.3, 0.4) is 0 Å². The molecule has 1 aliphatic rings. The number of rotatable bonds is 6. The van der Waals surface area contributed by atoms with Crippen LogP contribution in [0, 0.1) is 12.8 Å². The average Bonchev–Trinajstić information content (AvgIpc) is 2.65. The molecule has 1 aliphatic heterocycles. The highest BCUT2D eigenvalue weighted by Crippen LogP contribution is 2.23. The number of benzene rings is 2. The van der Waals surface area contributed by atoms with Crippen LogP contribution >= 0.6 is 0 Å². The zero-order valence-electron chi connectivity index (χ0n) is 15.7. The summed E-state index contributed by atoms with van der Waals surface area (Å²) in [6.07, 6.45) is 1.81. The van der Waals surface area contributed by atoms with Gasteiger partial charge in [0.15, 0.2) is 0 Å². The Hall–Kier alpha value is -2.33. The molecule has 4 heteroatoms. The van der Waals surface area contributed by atoms with Gasteiger partial charge in [-0.15, -0.1) is 0 Å². The van der Waals surface area contributed by atoms with Gasteiger partial charge in [-0.1, -0.05) is 30.3 Å². The Bertz CT molecular complexity index is 736. The molecular weight excluding hydrogens is 324 g/mol. The molecule has 2 aromatic rings. The maximum atomic E-state index is 12.6. The Morgan fingerprint density at radius 2 is 1.92 bits per heavy atom. The number of carbonyl (C=O) groups excluding carboxylic acids is 1. The van der Waals surface area contributed by atoms with Gasteiger partial charge in [-0.25, -0.2) is 0 Å². The summed E-state index contributed by atoms with van der Waals surface area (Å²) in [6, 6.07) is 16.2. The third kappa shape index (κ3) is 4.85. The van der Waals surface area contributed by atoms with Crippen molar-refractivity contribution in [3.63, 3.8) is 0 Å². The maximum absolute atomic E-state index is 12.6. The van der Waals surface area contributed by atoms with E-state index in [0.717, 1.165) is 49.5 Å². The molecule has 0 atom stereocenters. The van der Waals surface area contributed by atoms with Crippen molar-refractivity contribution < 1.29 is 9.53 Å². The second-order valence-corrected chi connectivity index (χ2v) is 6.94. The first-order valence-electron chi connectivity index (χ1n) is 9.46. The fourth-order valence-electron chi connectivity index (χ4n) is 3.46. The number of carbonyl (C=O) groups is 1. The largest absolute Gasteiger partial charge is 0.494 e. The van der Waals surface area contributed by atoms with Crippen molar-refractivity contribution in [2.24, 2.45) is 5.92 Å². The molecule has 2 aromatic carbocycles. The predicted octanol–water partition coefficient (Wildman–Crippen LogP) is 4.24. The highest BCUT2D eigenvalue weighted by molar-refractivity contribution is 5.93. The minimum Gasteiger partial charge on any atom is -0.494 e. The third-order valence-corrected chi connectivity index (χ3v) is 4.98. The Morgan fingerprint density at radius 1 is 1.15 bits per heavy atom. The van der Waals surface area contributed by atoms with E-state index in [1.165, 1.54) is 5.56 Å². The summed E-state index contributed by atoms with van der Waals surface area (Å²) in [4.78, 5) is 15.0. The predicted molar refractivity (Wildman–Crippen MR) is 105 cm³/mol. The normalized spacial score (nSPS) is 15.6. The Balaban J connectivity index is 1.50. The van der Waals surface area contributed by atoms with Gasteiger partial charge in [0.1, 0.15) is 5.75 Å². The van der Waals surface area contributed by atoms with Gasteiger partial charge in [-0.05, 0) is 69.1 Å². The second-order valence-electron chi connectivity index (χ2n) is 6.94. The van der Waals surface area contributed by atoms with Gasteiger partial charge in [0.2, 0.25) is 5.91 Å². The molecule has 1 saturated heterocycles. The van der Waals surface area contributed by atoms with Gasteiger partial charge in [0, 0.05) is 18.2 Å². The van der Waals surface area contributed by atoms with Crippen LogP contribution in [0.5, 0.6) is 5.75 Å². The highest BCUT2D eigenvalue weighted by atomic mass is 16.5. The van der Waals surface area contributed by atoms with Crippen molar-refractivity contribution in [2.45, 2.75) is 33.2 Å². The molecule has 26 heavy (non-hydrogen) atoms. The topological polar surface area (TPSA) is 41.6 Å². The molecule has 0 aromatic heterocycles. The quantitative estimate of drug-likeness (QED) is 0.845. The molecule has 0 spiro atoms. The van der Waals surface area contributed by atoms with Crippen LogP contribution in [-0.2, 0) is 11.3 Å². The molecule has 4 nitrogen and oxygen atoms in total. The van der Waals surface area contributed by atoms with Gasteiger partial charge >= 0.3 is 0 Å². The highest BCUT2D eigenvalue weighted by Gasteiger charge is 2.25. The number of aryl methyl sites for hydroxylation is 1. The standard InChI is InChI=1S/C22H28N2O2/c1-3-26-20-9-6-8-18(15-20)16-24-13-11-19(12-14-24)22(25)23-21-10-5-4-7-17(21)2/h4-10,15,19H,3,11-14,16H2,1-2H3,(H,23,25). The van der Waals surface area contributed by atoms with E-state index in [-0.39, 0.29) is 11.8 Å². The summed E-state index contributed by atoms with van der Waals surface area (Å²) in [7, 11) is 0. The summed E-state index contributed by atoms with van der Waals surface area (Å²) < 4.78 is 5.58. The Labute approximate surface area is 156 Å². The van der Waals surface area contributed by atoms with Crippen LogP contribution in [-0.4, -0.2) is 30.5 Å². The van der Waals surface area contributed by atoms with Gasteiger partial charge in [-0.3, -0.25) is 9.69 Å². The van der Waals surface area contributed by atoms with Gasteiger partial charge in [0.25, 0.3) is 0 Å². The SMILES string of the molecule is CCOc1cccc(CN2CCC(C(=O)Nc3ccccc3C)CC2)c1. The molecule has 1 amide bonds. The summed E-state index contributed by atoms with van der Waals surface area (Å²) in [6.45, 7) is 7.52. The molecule has 1 N–H and O–H groups in total. The van der Waals surface area contributed by atoms with Crippen LogP contribution in [0.15, 0.2) is 48.5 Å². The summed E-state index contributed by atoms with van der Waals surface area (Å²) in [5.74, 6) is 1.18. The molecule has 3 rings (SSSR count). The lowest BCUT2D eigenvalue weighted by molar-refractivity contribution is -0.121. The third-order valence-electron chi connectivity index (χ3n) is 4.98. The average molecular weight is 352 g/mol. The lowest BCUT2D eigenvalue weighted by Gasteiger charge is -2.31. The number of nitrogens with one attached hydrogen (secondary N) is 1. The minimum atomic E-state index is 0.0978. The van der Waals surface area contributed by atoms with Crippen LogP contribution in [0.4, 0.5) is 5.69 Å².